The zero-order chi connectivity index (χ0) is 18.5. The molecule has 0 saturated heterocycles. The molecule has 2 nitrogen and oxygen atoms in total. The zero-order valence-electron chi connectivity index (χ0n) is 14.8. The maximum absolute atomic E-state index is 6.13. The molecule has 0 aliphatic carbocycles. The highest BCUT2D eigenvalue weighted by Gasteiger charge is 2.09. The normalized spacial score (nSPS) is 10.7. The molecule has 5 heteroatoms. The van der Waals surface area contributed by atoms with Crippen LogP contribution in [0, 0.1) is 0 Å². The summed E-state index contributed by atoms with van der Waals surface area (Å²) in [5.74, 6) is 2.75. The molecule has 4 aromatic rings. The standard InChI is InChI=1S/C22H18O2S3/c1-2-25-20-12-9-17(15-19(20)24-22-6-4-14-27-22)16-7-10-18(11-8-16)23-21-5-3-13-26-21/h3-15H,2H2,1H3. The molecule has 2 aromatic heterocycles. The fourth-order valence-corrected chi connectivity index (χ4v) is 4.52. The number of benzene rings is 2. The van der Waals surface area contributed by atoms with Crippen LogP contribution < -0.4 is 9.47 Å². The van der Waals surface area contributed by atoms with Crippen LogP contribution in [0.25, 0.3) is 11.1 Å². The van der Waals surface area contributed by atoms with Gasteiger partial charge in [0, 0.05) is 0 Å². The number of thioether (sulfide) groups is 1. The molecule has 0 bridgehead atoms. The molecule has 0 radical (unpaired) electrons. The first-order valence-corrected chi connectivity index (χ1v) is 11.4. The Morgan fingerprint density at radius 1 is 0.778 bits per heavy atom. The lowest BCUT2D eigenvalue weighted by molar-refractivity contribution is 0.485. The minimum atomic E-state index is 0.842. The van der Waals surface area contributed by atoms with Gasteiger partial charge in [-0.2, -0.15) is 0 Å². The first-order valence-electron chi connectivity index (χ1n) is 8.62. The van der Waals surface area contributed by atoms with Crippen LogP contribution in [-0.4, -0.2) is 5.75 Å². The van der Waals surface area contributed by atoms with E-state index in [2.05, 4.69) is 37.3 Å². The van der Waals surface area contributed by atoms with E-state index in [-0.39, 0.29) is 0 Å². The van der Waals surface area contributed by atoms with Crippen molar-refractivity contribution in [3.63, 3.8) is 0 Å². The van der Waals surface area contributed by atoms with Crippen LogP contribution in [0.5, 0.6) is 21.6 Å². The van der Waals surface area contributed by atoms with E-state index >= 15 is 0 Å². The Bertz CT molecular complexity index is 975. The fraction of sp³-hybridized carbons (Fsp3) is 0.0909. The van der Waals surface area contributed by atoms with Crippen molar-refractivity contribution >= 4 is 34.4 Å². The van der Waals surface area contributed by atoms with Crippen molar-refractivity contribution in [3.8, 4) is 32.8 Å². The SMILES string of the molecule is CCSc1ccc(-c2ccc(Oc3cccs3)cc2)cc1Oc1cccs1. The van der Waals surface area contributed by atoms with Crippen LogP contribution in [0.15, 0.2) is 82.4 Å². The summed E-state index contributed by atoms with van der Waals surface area (Å²) in [6.07, 6.45) is 0. The van der Waals surface area contributed by atoms with Crippen molar-refractivity contribution in [3.05, 3.63) is 77.5 Å². The van der Waals surface area contributed by atoms with Gasteiger partial charge in [-0.15, -0.1) is 34.4 Å². The zero-order valence-corrected chi connectivity index (χ0v) is 17.2. The minimum absolute atomic E-state index is 0.842. The Balaban J connectivity index is 1.59. The Labute approximate surface area is 171 Å². The van der Waals surface area contributed by atoms with Gasteiger partial charge in [-0.05, 0) is 76.2 Å². The van der Waals surface area contributed by atoms with Gasteiger partial charge in [0.25, 0.3) is 0 Å². The van der Waals surface area contributed by atoms with Crippen LogP contribution in [0.4, 0.5) is 0 Å². The average molecular weight is 411 g/mol. The van der Waals surface area contributed by atoms with E-state index in [9.17, 15) is 0 Å². The second kappa shape index (κ2) is 8.65. The largest absolute Gasteiger partial charge is 0.447 e. The Kier molecular flexibility index (Phi) is 5.82. The van der Waals surface area contributed by atoms with Gasteiger partial charge in [0.2, 0.25) is 0 Å². The molecule has 2 heterocycles. The van der Waals surface area contributed by atoms with E-state index in [4.69, 9.17) is 9.47 Å². The van der Waals surface area contributed by atoms with Crippen molar-refractivity contribution in [2.75, 3.05) is 5.75 Å². The van der Waals surface area contributed by atoms with E-state index in [0.717, 1.165) is 43.4 Å². The molecule has 27 heavy (non-hydrogen) atoms. The maximum atomic E-state index is 6.13. The summed E-state index contributed by atoms with van der Waals surface area (Å²) >= 11 is 4.98. The van der Waals surface area contributed by atoms with Crippen LogP contribution >= 0.6 is 34.4 Å². The van der Waals surface area contributed by atoms with Crippen LogP contribution in [-0.2, 0) is 0 Å². The van der Waals surface area contributed by atoms with E-state index in [1.54, 1.807) is 34.4 Å². The molecule has 0 atom stereocenters. The van der Waals surface area contributed by atoms with Crippen molar-refractivity contribution in [1.82, 2.24) is 0 Å². The summed E-state index contributed by atoms with van der Waals surface area (Å²) in [5.41, 5.74) is 2.27. The summed E-state index contributed by atoms with van der Waals surface area (Å²) in [6.45, 7) is 2.15. The molecule has 0 amide bonds. The molecule has 0 spiro atoms. The Morgan fingerprint density at radius 3 is 2.07 bits per heavy atom. The Hall–Kier alpha value is -2.21. The van der Waals surface area contributed by atoms with Gasteiger partial charge in [0.05, 0.1) is 4.90 Å². The van der Waals surface area contributed by atoms with Gasteiger partial charge in [0.1, 0.15) is 11.5 Å². The summed E-state index contributed by atoms with van der Waals surface area (Å²) in [7, 11) is 0. The second-order valence-electron chi connectivity index (χ2n) is 5.69. The molecular formula is C22H18O2S3. The third-order valence-corrected chi connectivity index (χ3v) is 6.28. The number of ether oxygens (including phenoxy) is 2. The lowest BCUT2D eigenvalue weighted by atomic mass is 10.1. The molecule has 136 valence electrons. The highest BCUT2D eigenvalue weighted by molar-refractivity contribution is 7.99. The van der Waals surface area contributed by atoms with Crippen LogP contribution in [0.1, 0.15) is 6.92 Å². The summed E-state index contributed by atoms with van der Waals surface area (Å²) in [5, 5.41) is 5.84. The molecule has 2 aromatic carbocycles. The first-order chi connectivity index (χ1) is 13.3. The lowest BCUT2D eigenvalue weighted by Gasteiger charge is -2.12. The molecule has 0 unspecified atom stereocenters. The number of thiophene rings is 2. The lowest BCUT2D eigenvalue weighted by Crippen LogP contribution is -1.88. The monoisotopic (exact) mass is 410 g/mol. The number of rotatable bonds is 7. The fourth-order valence-electron chi connectivity index (χ4n) is 2.63. The quantitative estimate of drug-likeness (QED) is 0.286. The Morgan fingerprint density at radius 2 is 1.44 bits per heavy atom. The third kappa shape index (κ3) is 4.56. The molecule has 4 rings (SSSR count). The molecule has 0 aliphatic rings. The number of hydrogen-bond acceptors (Lipinski definition) is 5. The predicted octanol–water partition coefficient (Wildman–Crippen LogP) is 8.17. The summed E-state index contributed by atoms with van der Waals surface area (Å²) < 4.78 is 12.0. The van der Waals surface area contributed by atoms with Gasteiger partial charge < -0.3 is 9.47 Å². The predicted molar refractivity (Wildman–Crippen MR) is 117 cm³/mol. The molecular weight excluding hydrogens is 392 g/mol. The van der Waals surface area contributed by atoms with Gasteiger partial charge >= 0.3 is 0 Å². The average Bonchev–Trinajstić information content (AvgIpc) is 3.38. The van der Waals surface area contributed by atoms with Gasteiger partial charge in [-0.1, -0.05) is 25.1 Å². The second-order valence-corrected chi connectivity index (χ2v) is 8.81. The smallest absolute Gasteiger partial charge is 0.180 e. The molecule has 0 aliphatic heterocycles. The van der Waals surface area contributed by atoms with E-state index in [0.29, 0.717) is 0 Å². The van der Waals surface area contributed by atoms with Gasteiger partial charge in [-0.25, -0.2) is 0 Å². The molecule has 0 saturated carbocycles. The van der Waals surface area contributed by atoms with E-state index in [1.807, 2.05) is 47.2 Å². The van der Waals surface area contributed by atoms with Crippen LogP contribution in [0.2, 0.25) is 0 Å². The third-order valence-electron chi connectivity index (χ3n) is 3.85. The van der Waals surface area contributed by atoms with E-state index < -0.39 is 0 Å². The summed E-state index contributed by atoms with van der Waals surface area (Å²) in [4.78, 5) is 1.16. The highest BCUT2D eigenvalue weighted by atomic mass is 32.2. The van der Waals surface area contributed by atoms with Crippen molar-refractivity contribution < 1.29 is 9.47 Å². The van der Waals surface area contributed by atoms with Gasteiger partial charge in [-0.3, -0.25) is 0 Å². The van der Waals surface area contributed by atoms with Crippen molar-refractivity contribution in [2.24, 2.45) is 0 Å². The highest BCUT2D eigenvalue weighted by Crippen LogP contribution is 2.38. The maximum Gasteiger partial charge on any atom is 0.180 e. The molecule has 0 fully saturated rings. The topological polar surface area (TPSA) is 18.5 Å². The van der Waals surface area contributed by atoms with Crippen molar-refractivity contribution in [1.29, 1.82) is 0 Å². The van der Waals surface area contributed by atoms with Crippen molar-refractivity contribution in [2.45, 2.75) is 11.8 Å². The van der Waals surface area contributed by atoms with Gasteiger partial charge in [0.15, 0.2) is 10.1 Å². The minimum Gasteiger partial charge on any atom is -0.447 e. The molecule has 0 N–H and O–H groups in total. The van der Waals surface area contributed by atoms with Crippen LogP contribution in [0.3, 0.4) is 0 Å². The first kappa shape index (κ1) is 18.2. The number of hydrogen-bond donors (Lipinski definition) is 0. The summed E-state index contributed by atoms with van der Waals surface area (Å²) in [6, 6.07) is 22.5. The van der Waals surface area contributed by atoms with E-state index in [1.165, 1.54) is 0 Å².